The SMILES string of the molecule is O=C(COC(=O)CN1C(=O)[C@H]2CCCC[C@@H]2C1=O)NCc1ccccc1. The van der Waals surface area contributed by atoms with Gasteiger partial charge in [0, 0.05) is 6.54 Å². The van der Waals surface area contributed by atoms with Gasteiger partial charge < -0.3 is 10.1 Å². The number of carbonyl (C=O) groups excluding carboxylic acids is 4. The van der Waals surface area contributed by atoms with Gasteiger partial charge in [-0.05, 0) is 18.4 Å². The molecule has 1 saturated carbocycles. The van der Waals surface area contributed by atoms with Crippen molar-refractivity contribution in [2.24, 2.45) is 11.8 Å². The average molecular weight is 358 g/mol. The molecular weight excluding hydrogens is 336 g/mol. The first-order valence-corrected chi connectivity index (χ1v) is 8.87. The Bertz CT molecular complexity index is 679. The zero-order chi connectivity index (χ0) is 18.5. The van der Waals surface area contributed by atoms with Gasteiger partial charge in [-0.25, -0.2) is 0 Å². The number of ether oxygens (including phenoxy) is 1. The van der Waals surface area contributed by atoms with Crippen LogP contribution in [-0.2, 0) is 30.5 Å². The molecule has 1 N–H and O–H groups in total. The molecule has 1 saturated heterocycles. The fourth-order valence-electron chi connectivity index (χ4n) is 3.56. The normalized spacial score (nSPS) is 22.1. The lowest BCUT2D eigenvalue weighted by Gasteiger charge is -2.19. The molecule has 2 aliphatic rings. The number of carbonyl (C=O) groups is 4. The van der Waals surface area contributed by atoms with E-state index in [0.29, 0.717) is 19.4 Å². The highest BCUT2D eigenvalue weighted by atomic mass is 16.5. The number of hydrogen-bond acceptors (Lipinski definition) is 5. The van der Waals surface area contributed by atoms with Crippen molar-refractivity contribution in [1.29, 1.82) is 0 Å². The number of imide groups is 1. The molecule has 138 valence electrons. The summed E-state index contributed by atoms with van der Waals surface area (Å²) in [6.45, 7) is -0.519. The Kier molecular flexibility index (Phi) is 5.65. The summed E-state index contributed by atoms with van der Waals surface area (Å²) in [5, 5.41) is 2.64. The molecule has 0 unspecified atom stereocenters. The third kappa shape index (κ3) is 4.09. The summed E-state index contributed by atoms with van der Waals surface area (Å²) < 4.78 is 4.91. The molecule has 2 atom stereocenters. The van der Waals surface area contributed by atoms with E-state index in [0.717, 1.165) is 23.3 Å². The minimum atomic E-state index is -0.750. The lowest BCUT2D eigenvalue weighted by Crippen LogP contribution is -2.38. The highest BCUT2D eigenvalue weighted by Crippen LogP contribution is 2.37. The number of amides is 3. The maximum Gasteiger partial charge on any atom is 0.326 e. The summed E-state index contributed by atoms with van der Waals surface area (Å²) in [5.74, 6) is -2.35. The van der Waals surface area contributed by atoms with E-state index in [1.54, 1.807) is 0 Å². The van der Waals surface area contributed by atoms with Gasteiger partial charge in [-0.3, -0.25) is 24.1 Å². The molecule has 0 bridgehead atoms. The predicted molar refractivity (Wildman–Crippen MR) is 91.4 cm³/mol. The van der Waals surface area contributed by atoms with E-state index in [4.69, 9.17) is 4.74 Å². The lowest BCUT2D eigenvalue weighted by molar-refractivity contribution is -0.154. The van der Waals surface area contributed by atoms with Gasteiger partial charge in [0.1, 0.15) is 6.54 Å². The molecule has 7 heteroatoms. The molecule has 1 heterocycles. The van der Waals surface area contributed by atoms with Crippen LogP contribution in [0.2, 0.25) is 0 Å². The first-order valence-electron chi connectivity index (χ1n) is 8.87. The Morgan fingerprint density at radius 3 is 2.27 bits per heavy atom. The molecule has 0 radical (unpaired) electrons. The Morgan fingerprint density at radius 1 is 1.04 bits per heavy atom. The standard InChI is InChI=1S/C19H22N2O5/c22-16(20-10-13-6-2-1-3-7-13)12-26-17(23)11-21-18(24)14-8-4-5-9-15(14)19(21)25/h1-3,6-7,14-15H,4-5,8-12H2,(H,20,22)/t14-,15-/m0/s1. The number of nitrogens with one attached hydrogen (secondary N) is 1. The van der Waals surface area contributed by atoms with Crippen LogP contribution >= 0.6 is 0 Å². The maximum atomic E-state index is 12.3. The molecule has 1 aliphatic heterocycles. The van der Waals surface area contributed by atoms with Gasteiger partial charge in [0.05, 0.1) is 11.8 Å². The zero-order valence-corrected chi connectivity index (χ0v) is 14.5. The van der Waals surface area contributed by atoms with Crippen LogP contribution < -0.4 is 5.32 Å². The van der Waals surface area contributed by atoms with Gasteiger partial charge in [-0.2, -0.15) is 0 Å². The van der Waals surface area contributed by atoms with Crippen molar-refractivity contribution in [3.05, 3.63) is 35.9 Å². The number of benzene rings is 1. The Morgan fingerprint density at radius 2 is 1.65 bits per heavy atom. The van der Waals surface area contributed by atoms with Gasteiger partial charge in [0.2, 0.25) is 11.8 Å². The third-order valence-corrected chi connectivity index (χ3v) is 4.92. The van der Waals surface area contributed by atoms with Crippen LogP contribution in [0.15, 0.2) is 30.3 Å². The second-order valence-electron chi connectivity index (χ2n) is 6.68. The van der Waals surface area contributed by atoms with Crippen LogP contribution in [0.1, 0.15) is 31.2 Å². The van der Waals surface area contributed by atoms with Gasteiger partial charge in [-0.15, -0.1) is 0 Å². The lowest BCUT2D eigenvalue weighted by atomic mass is 9.81. The van der Waals surface area contributed by atoms with Gasteiger partial charge >= 0.3 is 5.97 Å². The fourth-order valence-corrected chi connectivity index (χ4v) is 3.56. The molecule has 1 aliphatic carbocycles. The van der Waals surface area contributed by atoms with Crippen molar-refractivity contribution < 1.29 is 23.9 Å². The molecular formula is C19H22N2O5. The van der Waals surface area contributed by atoms with Crippen LogP contribution in [0.3, 0.4) is 0 Å². The van der Waals surface area contributed by atoms with Crippen LogP contribution in [0.4, 0.5) is 0 Å². The van der Waals surface area contributed by atoms with Crippen LogP contribution in [0.5, 0.6) is 0 Å². The van der Waals surface area contributed by atoms with Crippen molar-refractivity contribution >= 4 is 23.7 Å². The maximum absolute atomic E-state index is 12.3. The van der Waals surface area contributed by atoms with Crippen molar-refractivity contribution in [3.8, 4) is 0 Å². The summed E-state index contributed by atoms with van der Waals surface area (Å²) in [6.07, 6.45) is 3.26. The number of esters is 1. The first-order chi connectivity index (χ1) is 12.6. The third-order valence-electron chi connectivity index (χ3n) is 4.92. The average Bonchev–Trinajstić information content (AvgIpc) is 2.91. The van der Waals surface area contributed by atoms with E-state index in [1.807, 2.05) is 30.3 Å². The van der Waals surface area contributed by atoms with E-state index < -0.39 is 25.0 Å². The van der Waals surface area contributed by atoms with Gasteiger partial charge in [-0.1, -0.05) is 43.2 Å². The summed E-state index contributed by atoms with van der Waals surface area (Å²) in [7, 11) is 0. The molecule has 0 aromatic heterocycles. The molecule has 26 heavy (non-hydrogen) atoms. The second-order valence-corrected chi connectivity index (χ2v) is 6.68. The van der Waals surface area contributed by atoms with E-state index >= 15 is 0 Å². The minimum absolute atomic E-state index is 0.287. The summed E-state index contributed by atoms with van der Waals surface area (Å²) >= 11 is 0. The molecule has 0 spiro atoms. The number of nitrogens with zero attached hydrogens (tertiary/aromatic N) is 1. The topological polar surface area (TPSA) is 92.8 Å². The molecule has 1 aromatic rings. The monoisotopic (exact) mass is 358 g/mol. The molecule has 3 amide bonds. The second kappa shape index (κ2) is 8.12. The summed E-state index contributed by atoms with van der Waals surface area (Å²) in [6, 6.07) is 9.35. The zero-order valence-electron chi connectivity index (χ0n) is 14.5. The van der Waals surface area contributed by atoms with Crippen molar-refractivity contribution in [3.63, 3.8) is 0 Å². The number of hydrogen-bond donors (Lipinski definition) is 1. The molecule has 3 rings (SSSR count). The highest BCUT2D eigenvalue weighted by molar-refractivity contribution is 6.07. The number of likely N-dealkylation sites (tertiary alicyclic amines) is 1. The Balaban J connectivity index is 1.43. The molecule has 2 fully saturated rings. The quantitative estimate of drug-likeness (QED) is 0.605. The van der Waals surface area contributed by atoms with Crippen LogP contribution in [0, 0.1) is 11.8 Å². The predicted octanol–water partition coefficient (Wildman–Crippen LogP) is 1.02. The van der Waals surface area contributed by atoms with Crippen molar-refractivity contribution in [2.45, 2.75) is 32.2 Å². The van der Waals surface area contributed by atoms with Crippen LogP contribution in [-0.4, -0.2) is 41.7 Å². The number of rotatable bonds is 6. The largest absolute Gasteiger partial charge is 0.454 e. The first kappa shape index (κ1) is 18.1. The molecule has 7 nitrogen and oxygen atoms in total. The van der Waals surface area contributed by atoms with E-state index in [1.165, 1.54) is 0 Å². The van der Waals surface area contributed by atoms with Gasteiger partial charge in [0.15, 0.2) is 6.61 Å². The van der Waals surface area contributed by atoms with E-state index in [2.05, 4.69) is 5.32 Å². The van der Waals surface area contributed by atoms with E-state index in [-0.39, 0.29) is 23.7 Å². The van der Waals surface area contributed by atoms with Crippen LogP contribution in [0.25, 0.3) is 0 Å². The van der Waals surface area contributed by atoms with Crippen molar-refractivity contribution in [2.75, 3.05) is 13.2 Å². The summed E-state index contributed by atoms with van der Waals surface area (Å²) in [5.41, 5.74) is 0.933. The highest BCUT2D eigenvalue weighted by Gasteiger charge is 2.48. The van der Waals surface area contributed by atoms with Crippen molar-refractivity contribution in [1.82, 2.24) is 10.2 Å². The number of fused-ring (bicyclic) bond motifs is 1. The Hall–Kier alpha value is -2.70. The van der Waals surface area contributed by atoms with Gasteiger partial charge in [0.25, 0.3) is 5.91 Å². The fraction of sp³-hybridized carbons (Fsp3) is 0.474. The Labute approximate surface area is 151 Å². The molecule has 1 aromatic carbocycles. The minimum Gasteiger partial charge on any atom is -0.454 e. The van der Waals surface area contributed by atoms with E-state index in [9.17, 15) is 19.2 Å². The smallest absolute Gasteiger partial charge is 0.326 e. The summed E-state index contributed by atoms with van der Waals surface area (Å²) in [4.78, 5) is 49.3.